The smallest absolute Gasteiger partial charge is 0.416 e. The summed E-state index contributed by atoms with van der Waals surface area (Å²) in [5.41, 5.74) is -1.61. The number of hydrogen-bond donors (Lipinski definition) is 1. The Kier molecular flexibility index (Phi) is 8.83. The van der Waals surface area contributed by atoms with Gasteiger partial charge in [0.15, 0.2) is 5.82 Å². The van der Waals surface area contributed by atoms with Crippen LogP contribution in [0.15, 0.2) is 29.1 Å². The average Bonchev–Trinajstić information content (AvgIpc) is 3.49. The fourth-order valence-electron chi connectivity index (χ4n) is 6.51. The van der Waals surface area contributed by atoms with Gasteiger partial charge in [-0.2, -0.15) is 22.7 Å². The van der Waals surface area contributed by atoms with Crippen LogP contribution in [-0.2, 0) is 37.3 Å². The molecule has 2 aromatic heterocycles. The van der Waals surface area contributed by atoms with Gasteiger partial charge in [-0.25, -0.2) is 4.79 Å². The van der Waals surface area contributed by atoms with E-state index in [0.29, 0.717) is 62.5 Å². The van der Waals surface area contributed by atoms with Crippen molar-refractivity contribution in [3.63, 3.8) is 0 Å². The molecule has 16 heteroatoms. The van der Waals surface area contributed by atoms with Crippen LogP contribution in [0.25, 0.3) is 11.4 Å². The minimum atomic E-state index is -4.60. The Morgan fingerprint density at radius 2 is 1.96 bits per heavy atom. The van der Waals surface area contributed by atoms with E-state index in [1.165, 1.54) is 4.52 Å². The molecular weight excluding hydrogens is 657 g/mol. The van der Waals surface area contributed by atoms with Crippen molar-refractivity contribution in [2.24, 2.45) is 0 Å². The zero-order valence-corrected chi connectivity index (χ0v) is 27.7. The lowest BCUT2D eigenvalue weighted by Gasteiger charge is -2.29. The van der Waals surface area contributed by atoms with E-state index in [1.54, 1.807) is 37.2 Å². The summed E-state index contributed by atoms with van der Waals surface area (Å²) in [4.78, 5) is 47.1. The highest BCUT2D eigenvalue weighted by atomic mass is 35.5. The number of carbonyl (C=O) groups excluding carboxylic acids is 2. The van der Waals surface area contributed by atoms with Crippen LogP contribution in [0.2, 0.25) is 5.02 Å². The maximum atomic E-state index is 14.3. The number of benzene rings is 1. The summed E-state index contributed by atoms with van der Waals surface area (Å²) >= 11 is 6.12. The van der Waals surface area contributed by atoms with Crippen LogP contribution in [0.5, 0.6) is 0 Å². The molecule has 2 atom stereocenters. The van der Waals surface area contributed by atoms with E-state index in [1.807, 2.05) is 6.08 Å². The molecule has 1 fully saturated rings. The molecule has 3 aliphatic rings. The second-order valence-corrected chi connectivity index (χ2v) is 13.6. The number of ether oxygens (including phenoxy) is 3. The number of fused-ring (bicyclic) bond motifs is 3. The highest BCUT2D eigenvalue weighted by molar-refractivity contribution is 6.33. The van der Waals surface area contributed by atoms with E-state index in [-0.39, 0.29) is 29.6 Å². The topological polar surface area (TPSA) is 129 Å². The van der Waals surface area contributed by atoms with Gasteiger partial charge in [-0.1, -0.05) is 17.7 Å². The molecule has 0 aliphatic carbocycles. The summed E-state index contributed by atoms with van der Waals surface area (Å²) in [6.45, 7) is 8.27. The largest absolute Gasteiger partial charge is 0.444 e. The van der Waals surface area contributed by atoms with Crippen molar-refractivity contribution >= 4 is 40.6 Å². The van der Waals surface area contributed by atoms with Crippen molar-refractivity contribution in [3.8, 4) is 0 Å². The van der Waals surface area contributed by atoms with Crippen LogP contribution < -0.4 is 10.9 Å². The molecule has 258 valence electrons. The van der Waals surface area contributed by atoms with Crippen LogP contribution in [-0.4, -0.2) is 68.0 Å². The quantitative estimate of drug-likeness (QED) is 0.368. The Hall–Kier alpha value is -3.95. The van der Waals surface area contributed by atoms with Crippen molar-refractivity contribution in [3.05, 3.63) is 62.3 Å². The van der Waals surface area contributed by atoms with E-state index in [2.05, 4.69) is 15.4 Å². The van der Waals surface area contributed by atoms with E-state index < -0.39 is 46.6 Å². The maximum absolute atomic E-state index is 14.3. The molecule has 12 nitrogen and oxygen atoms in total. The van der Waals surface area contributed by atoms with Gasteiger partial charge in [-0.3, -0.25) is 9.59 Å². The first-order valence-corrected chi connectivity index (χ1v) is 16.1. The Morgan fingerprint density at radius 3 is 2.62 bits per heavy atom. The fourth-order valence-corrected chi connectivity index (χ4v) is 6.74. The number of anilines is 1. The molecule has 3 aromatic rings. The predicted octanol–water partition coefficient (Wildman–Crippen LogP) is 5.71. The first-order valence-electron chi connectivity index (χ1n) is 15.7. The molecular formula is C32H36ClF3N6O6. The van der Waals surface area contributed by atoms with Gasteiger partial charge < -0.3 is 29.0 Å². The third kappa shape index (κ3) is 6.54. The molecule has 1 N–H and O–H groups in total. The number of nitrogens with zero attached hydrogens (tertiary/aromatic N) is 5. The number of rotatable bonds is 4. The molecule has 1 saturated heterocycles. The number of alkyl halides is 3. The van der Waals surface area contributed by atoms with Crippen LogP contribution in [0.3, 0.4) is 0 Å². The minimum absolute atomic E-state index is 0.00957. The van der Waals surface area contributed by atoms with Gasteiger partial charge >= 0.3 is 12.3 Å². The SMILES string of the molecule is C[C@@H]1O[C@]2(CCCN(C(=O)OC(C)(C)C)CC2)c2c1n(CC(=O)Nc1ccc(C(F)(F)F)cc1Cl)c1nc(C3=CCOCC3)nn1c2=O. The Labute approximate surface area is 278 Å². The monoisotopic (exact) mass is 692 g/mol. The van der Waals surface area contributed by atoms with Gasteiger partial charge in [0.1, 0.15) is 17.7 Å². The number of amides is 2. The van der Waals surface area contributed by atoms with Gasteiger partial charge in [0, 0.05) is 13.1 Å². The van der Waals surface area contributed by atoms with Crippen LogP contribution in [0.1, 0.15) is 82.1 Å². The first kappa shape index (κ1) is 33.9. The van der Waals surface area contributed by atoms with Crippen molar-refractivity contribution in [2.75, 3.05) is 31.6 Å². The van der Waals surface area contributed by atoms with E-state index in [9.17, 15) is 27.6 Å². The highest BCUT2D eigenvalue weighted by Crippen LogP contribution is 2.48. The summed E-state index contributed by atoms with van der Waals surface area (Å²) in [5.74, 6) is -0.200. The predicted molar refractivity (Wildman–Crippen MR) is 169 cm³/mol. The Morgan fingerprint density at radius 1 is 1.19 bits per heavy atom. The Balaban J connectivity index is 1.41. The van der Waals surface area contributed by atoms with Gasteiger partial charge in [-0.05, 0) is 77.2 Å². The number of hydrogen-bond acceptors (Lipinski definition) is 8. The van der Waals surface area contributed by atoms with Crippen molar-refractivity contribution in [1.82, 2.24) is 24.1 Å². The normalized spacial score (nSPS) is 21.6. The summed E-state index contributed by atoms with van der Waals surface area (Å²) in [6.07, 6.45) is -2.12. The molecule has 6 rings (SSSR count). The third-order valence-corrected chi connectivity index (χ3v) is 8.91. The minimum Gasteiger partial charge on any atom is -0.444 e. The molecule has 1 aromatic carbocycles. The van der Waals surface area contributed by atoms with Gasteiger partial charge in [-0.15, -0.1) is 5.10 Å². The highest BCUT2D eigenvalue weighted by Gasteiger charge is 2.49. The van der Waals surface area contributed by atoms with Crippen molar-refractivity contribution in [2.45, 2.75) is 83.4 Å². The van der Waals surface area contributed by atoms with Gasteiger partial charge in [0.25, 0.3) is 5.56 Å². The zero-order chi connectivity index (χ0) is 34.6. The molecule has 5 heterocycles. The van der Waals surface area contributed by atoms with Crippen molar-refractivity contribution < 1.29 is 37.0 Å². The lowest BCUT2D eigenvalue weighted by atomic mass is 9.87. The molecule has 3 aliphatic heterocycles. The lowest BCUT2D eigenvalue weighted by molar-refractivity contribution is -0.137. The fraction of sp³-hybridized carbons (Fsp3) is 0.531. The van der Waals surface area contributed by atoms with Crippen LogP contribution in [0.4, 0.5) is 23.7 Å². The first-order chi connectivity index (χ1) is 22.6. The third-order valence-electron chi connectivity index (χ3n) is 8.60. The summed E-state index contributed by atoms with van der Waals surface area (Å²) in [7, 11) is 0. The second kappa shape index (κ2) is 12.5. The van der Waals surface area contributed by atoms with Crippen LogP contribution in [0, 0.1) is 0 Å². The number of likely N-dealkylation sites (tertiary alicyclic amines) is 1. The number of carbonyl (C=O) groups is 2. The summed E-state index contributed by atoms with van der Waals surface area (Å²) in [6, 6.07) is 2.66. The molecule has 2 amide bonds. The van der Waals surface area contributed by atoms with Crippen LogP contribution >= 0.6 is 11.6 Å². The molecule has 0 bridgehead atoms. The van der Waals surface area contributed by atoms with Gasteiger partial charge in [0.05, 0.1) is 46.8 Å². The standard InChI is InChI=1S/C32H36ClF3N6O6/c1-18-25-24(31(47-18)10-5-12-40(13-11-31)29(45)48-30(2,3)4)27(44)42-28(38-26(39-42)19-8-14-46-15-9-19)41(25)17-23(43)37-22-7-6-20(16-21(22)33)32(34,35)36/h6-8,16,18H,5,9-15,17H2,1-4H3,(H,37,43)/t18-,31-/m0/s1. The number of aromatic nitrogens is 4. The lowest BCUT2D eigenvalue weighted by Crippen LogP contribution is -2.39. The average molecular weight is 693 g/mol. The van der Waals surface area contributed by atoms with Crippen molar-refractivity contribution in [1.29, 1.82) is 0 Å². The molecule has 0 unspecified atom stereocenters. The molecule has 0 saturated carbocycles. The van der Waals surface area contributed by atoms with Gasteiger partial charge in [0.2, 0.25) is 11.7 Å². The van der Waals surface area contributed by atoms with E-state index >= 15 is 0 Å². The second-order valence-electron chi connectivity index (χ2n) is 13.2. The number of halogens is 4. The maximum Gasteiger partial charge on any atom is 0.416 e. The molecule has 1 spiro atoms. The summed E-state index contributed by atoms with van der Waals surface area (Å²) in [5, 5.41) is 6.88. The molecule has 0 radical (unpaired) electrons. The Bertz CT molecular complexity index is 1870. The number of nitrogens with one attached hydrogen (secondary N) is 1. The zero-order valence-electron chi connectivity index (χ0n) is 26.9. The van der Waals surface area contributed by atoms with E-state index in [4.69, 9.17) is 25.8 Å². The summed E-state index contributed by atoms with van der Waals surface area (Å²) < 4.78 is 59.9. The van der Waals surface area contributed by atoms with E-state index in [0.717, 1.165) is 23.8 Å². The molecule has 48 heavy (non-hydrogen) atoms.